The minimum absolute atomic E-state index is 0.303. The first-order valence-electron chi connectivity index (χ1n) is 6.58. The maximum Gasteiger partial charge on any atom is 0.262 e. The fourth-order valence-electron chi connectivity index (χ4n) is 2.07. The van der Waals surface area contributed by atoms with Crippen molar-refractivity contribution in [3.05, 3.63) is 53.1 Å². The molecule has 0 aliphatic carbocycles. The van der Waals surface area contributed by atoms with Crippen molar-refractivity contribution >= 4 is 15.7 Å². The molecule has 0 aliphatic rings. The van der Waals surface area contributed by atoms with Crippen molar-refractivity contribution in [2.24, 2.45) is 0 Å². The highest BCUT2D eigenvalue weighted by Gasteiger charge is 2.18. The molecule has 0 aliphatic heterocycles. The van der Waals surface area contributed by atoms with Gasteiger partial charge < -0.3 is 4.74 Å². The molecule has 0 saturated heterocycles. The number of methoxy groups -OCH3 is 1. The normalized spacial score (nSPS) is 11.2. The van der Waals surface area contributed by atoms with E-state index in [2.05, 4.69) is 4.72 Å². The summed E-state index contributed by atoms with van der Waals surface area (Å²) in [6.45, 7) is 5.50. The number of nitrogens with one attached hydrogen (secondary N) is 1. The molecule has 0 unspecified atom stereocenters. The number of ether oxygens (including phenoxy) is 1. The Hall–Kier alpha value is -2.01. The van der Waals surface area contributed by atoms with Gasteiger partial charge in [-0.15, -0.1) is 0 Å². The first kappa shape index (κ1) is 15.4. The van der Waals surface area contributed by atoms with Crippen molar-refractivity contribution in [3.8, 4) is 5.75 Å². The van der Waals surface area contributed by atoms with Crippen molar-refractivity contribution in [2.75, 3.05) is 11.8 Å². The number of hydrogen-bond acceptors (Lipinski definition) is 3. The molecule has 2 aromatic rings. The summed E-state index contributed by atoms with van der Waals surface area (Å²) in [5, 5.41) is 0. The van der Waals surface area contributed by atoms with Crippen LogP contribution in [0.15, 0.2) is 41.3 Å². The van der Waals surface area contributed by atoms with Gasteiger partial charge in [0, 0.05) is 0 Å². The maximum atomic E-state index is 12.5. The lowest BCUT2D eigenvalue weighted by atomic mass is 10.2. The van der Waals surface area contributed by atoms with E-state index in [4.69, 9.17) is 4.74 Å². The highest BCUT2D eigenvalue weighted by Crippen LogP contribution is 2.25. The molecule has 0 aromatic heterocycles. The van der Waals surface area contributed by atoms with Gasteiger partial charge in [-0.2, -0.15) is 0 Å². The fourth-order valence-corrected chi connectivity index (χ4v) is 3.54. The van der Waals surface area contributed by atoms with Crippen LogP contribution in [0.1, 0.15) is 16.7 Å². The van der Waals surface area contributed by atoms with E-state index in [1.165, 1.54) is 0 Å². The summed E-state index contributed by atoms with van der Waals surface area (Å²) in [4.78, 5) is 0.303. The van der Waals surface area contributed by atoms with Gasteiger partial charge in [0.15, 0.2) is 0 Å². The minimum atomic E-state index is -3.60. The Morgan fingerprint density at radius 2 is 1.67 bits per heavy atom. The molecule has 0 heterocycles. The summed E-state index contributed by atoms with van der Waals surface area (Å²) >= 11 is 0. The van der Waals surface area contributed by atoms with Crippen LogP contribution in [0.2, 0.25) is 0 Å². The molecule has 2 rings (SSSR count). The molecular weight excluding hydrogens is 286 g/mol. The molecule has 0 fully saturated rings. The number of aryl methyl sites for hydroxylation is 3. The van der Waals surface area contributed by atoms with Crippen LogP contribution >= 0.6 is 0 Å². The molecule has 0 radical (unpaired) electrons. The van der Waals surface area contributed by atoms with Crippen LogP contribution in [-0.2, 0) is 10.0 Å². The van der Waals surface area contributed by atoms with Gasteiger partial charge in [0.05, 0.1) is 17.7 Å². The zero-order valence-electron chi connectivity index (χ0n) is 12.6. The number of benzene rings is 2. The lowest BCUT2D eigenvalue weighted by molar-refractivity contribution is 0.414. The molecule has 0 amide bonds. The largest absolute Gasteiger partial charge is 0.497 e. The summed E-state index contributed by atoms with van der Waals surface area (Å²) in [5.41, 5.74) is 2.99. The monoisotopic (exact) mass is 305 g/mol. The zero-order chi connectivity index (χ0) is 15.6. The number of rotatable bonds is 4. The quantitative estimate of drug-likeness (QED) is 0.941. The second kappa shape index (κ2) is 5.77. The van der Waals surface area contributed by atoms with E-state index in [1.807, 2.05) is 26.0 Å². The Morgan fingerprint density at radius 3 is 2.29 bits per heavy atom. The molecule has 21 heavy (non-hydrogen) atoms. The average molecular weight is 305 g/mol. The van der Waals surface area contributed by atoms with Gasteiger partial charge in [-0.1, -0.05) is 12.1 Å². The Morgan fingerprint density at radius 1 is 0.952 bits per heavy atom. The second-order valence-electron chi connectivity index (χ2n) is 5.06. The van der Waals surface area contributed by atoms with Crippen LogP contribution in [0.25, 0.3) is 0 Å². The van der Waals surface area contributed by atoms with Gasteiger partial charge in [-0.05, 0) is 61.7 Å². The highest BCUT2D eigenvalue weighted by molar-refractivity contribution is 7.92. The molecule has 4 nitrogen and oxygen atoms in total. The number of anilines is 1. The SMILES string of the molecule is COc1ccc(NS(=O)(=O)c2cc(C)ccc2C)c(C)c1. The topological polar surface area (TPSA) is 55.4 Å². The zero-order valence-corrected chi connectivity index (χ0v) is 13.4. The van der Waals surface area contributed by atoms with E-state index in [0.29, 0.717) is 16.3 Å². The van der Waals surface area contributed by atoms with E-state index in [1.54, 1.807) is 38.3 Å². The number of sulfonamides is 1. The van der Waals surface area contributed by atoms with Gasteiger partial charge in [-0.25, -0.2) is 8.42 Å². The third-order valence-electron chi connectivity index (χ3n) is 3.31. The van der Waals surface area contributed by atoms with E-state index < -0.39 is 10.0 Å². The molecule has 0 atom stereocenters. The molecule has 0 spiro atoms. The Labute approximate surface area is 125 Å². The van der Waals surface area contributed by atoms with Crippen LogP contribution in [0.5, 0.6) is 5.75 Å². The van der Waals surface area contributed by atoms with Crippen molar-refractivity contribution in [3.63, 3.8) is 0 Å². The summed E-state index contributed by atoms with van der Waals surface area (Å²) < 4.78 is 32.8. The van der Waals surface area contributed by atoms with Gasteiger partial charge >= 0.3 is 0 Å². The summed E-state index contributed by atoms with van der Waals surface area (Å²) in [6.07, 6.45) is 0. The predicted octanol–water partition coefficient (Wildman–Crippen LogP) is 3.42. The number of hydrogen-bond donors (Lipinski definition) is 1. The average Bonchev–Trinajstić information content (AvgIpc) is 2.43. The third-order valence-corrected chi connectivity index (χ3v) is 4.82. The van der Waals surface area contributed by atoms with Crippen LogP contribution < -0.4 is 9.46 Å². The molecule has 1 N–H and O–H groups in total. The van der Waals surface area contributed by atoms with Crippen molar-refractivity contribution < 1.29 is 13.2 Å². The predicted molar refractivity (Wildman–Crippen MR) is 84.5 cm³/mol. The fraction of sp³-hybridized carbons (Fsp3) is 0.250. The van der Waals surface area contributed by atoms with Crippen LogP contribution in [-0.4, -0.2) is 15.5 Å². The first-order valence-corrected chi connectivity index (χ1v) is 8.06. The summed E-state index contributed by atoms with van der Waals surface area (Å²) in [5.74, 6) is 0.696. The van der Waals surface area contributed by atoms with Gasteiger partial charge in [0.25, 0.3) is 10.0 Å². The van der Waals surface area contributed by atoms with Crippen molar-refractivity contribution in [1.29, 1.82) is 0 Å². The second-order valence-corrected chi connectivity index (χ2v) is 6.71. The molecule has 2 aromatic carbocycles. The molecular formula is C16H19NO3S. The van der Waals surface area contributed by atoms with Gasteiger partial charge in [0.1, 0.15) is 5.75 Å². The van der Waals surface area contributed by atoms with Gasteiger partial charge in [0.2, 0.25) is 0 Å². The lowest BCUT2D eigenvalue weighted by Gasteiger charge is -2.13. The summed E-state index contributed by atoms with van der Waals surface area (Å²) in [6, 6.07) is 10.6. The van der Waals surface area contributed by atoms with Crippen molar-refractivity contribution in [2.45, 2.75) is 25.7 Å². The Kier molecular flexibility index (Phi) is 4.23. The van der Waals surface area contributed by atoms with E-state index in [-0.39, 0.29) is 0 Å². The van der Waals surface area contributed by atoms with Crippen LogP contribution in [0.3, 0.4) is 0 Å². The van der Waals surface area contributed by atoms with E-state index in [9.17, 15) is 8.42 Å². The lowest BCUT2D eigenvalue weighted by Crippen LogP contribution is -2.15. The van der Waals surface area contributed by atoms with E-state index >= 15 is 0 Å². The highest BCUT2D eigenvalue weighted by atomic mass is 32.2. The van der Waals surface area contributed by atoms with Crippen molar-refractivity contribution in [1.82, 2.24) is 0 Å². The molecule has 0 bridgehead atoms. The molecule has 5 heteroatoms. The van der Waals surface area contributed by atoms with Crippen LogP contribution in [0, 0.1) is 20.8 Å². The maximum absolute atomic E-state index is 12.5. The smallest absolute Gasteiger partial charge is 0.262 e. The standard InChI is InChI=1S/C16H19NO3S/c1-11-5-6-12(2)16(9-11)21(18,19)17-15-8-7-14(20-4)10-13(15)3/h5-10,17H,1-4H3. The molecule has 0 saturated carbocycles. The van der Waals surface area contributed by atoms with Crippen LogP contribution in [0.4, 0.5) is 5.69 Å². The molecule has 112 valence electrons. The Balaban J connectivity index is 2.40. The Bertz CT molecular complexity index is 767. The third kappa shape index (κ3) is 3.36. The summed E-state index contributed by atoms with van der Waals surface area (Å²) in [7, 11) is -2.02. The van der Waals surface area contributed by atoms with E-state index in [0.717, 1.165) is 16.7 Å². The first-order chi connectivity index (χ1) is 9.83. The van der Waals surface area contributed by atoms with Gasteiger partial charge in [-0.3, -0.25) is 4.72 Å². The minimum Gasteiger partial charge on any atom is -0.497 e.